The van der Waals surface area contributed by atoms with Gasteiger partial charge in [0, 0.05) is 0 Å². The molecule has 9 nitrogen and oxygen atoms in total. The number of benzene rings is 2. The quantitative estimate of drug-likeness (QED) is 0.346. The van der Waals surface area contributed by atoms with Gasteiger partial charge in [-0.3, -0.25) is 4.79 Å². The van der Waals surface area contributed by atoms with Gasteiger partial charge in [0.05, 0.1) is 35.1 Å². The number of ether oxygens (including phenoxy) is 2. The van der Waals surface area contributed by atoms with E-state index in [4.69, 9.17) is 26.7 Å². The number of fused-ring (bicyclic) bond motifs is 1. The second-order valence-corrected chi connectivity index (χ2v) is 8.64. The van der Waals surface area contributed by atoms with Crippen LogP contribution in [0.15, 0.2) is 46.9 Å². The molecule has 4 rings (SSSR count). The van der Waals surface area contributed by atoms with Crippen molar-refractivity contribution < 1.29 is 19.7 Å². The molecule has 8 N–H and O–H groups in total. The number of aromatic hydroxyl groups is 2. The Balaban J connectivity index is 1.89. The molecule has 1 aliphatic rings. The van der Waals surface area contributed by atoms with E-state index in [1.165, 1.54) is 28.0 Å². The van der Waals surface area contributed by atoms with Crippen LogP contribution in [0.1, 0.15) is 30.9 Å². The van der Waals surface area contributed by atoms with Gasteiger partial charge in [0.1, 0.15) is 10.5 Å². The van der Waals surface area contributed by atoms with Gasteiger partial charge in [-0.25, -0.2) is 4.57 Å². The van der Waals surface area contributed by atoms with Crippen molar-refractivity contribution in [2.24, 2.45) is 17.2 Å². The lowest BCUT2D eigenvalue weighted by Gasteiger charge is -2.25. The van der Waals surface area contributed by atoms with Gasteiger partial charge in [0.25, 0.3) is 5.56 Å². The summed E-state index contributed by atoms with van der Waals surface area (Å²) in [5, 5.41) is 20.0. The Bertz CT molecular complexity index is 1470. The van der Waals surface area contributed by atoms with E-state index in [2.05, 4.69) is 0 Å². The van der Waals surface area contributed by atoms with Crippen LogP contribution in [-0.4, -0.2) is 28.0 Å². The minimum absolute atomic E-state index is 0.000687. The molecule has 0 spiro atoms. The van der Waals surface area contributed by atoms with Crippen molar-refractivity contribution in [2.75, 3.05) is 13.2 Å². The number of aromatic nitrogens is 1. The first-order chi connectivity index (χ1) is 16.3. The van der Waals surface area contributed by atoms with Crippen molar-refractivity contribution >= 4 is 28.9 Å². The van der Waals surface area contributed by atoms with Crippen LogP contribution >= 0.6 is 11.3 Å². The fourth-order valence-corrected chi connectivity index (χ4v) is 4.94. The van der Waals surface area contributed by atoms with Crippen molar-refractivity contribution in [3.8, 4) is 23.0 Å². The van der Waals surface area contributed by atoms with Gasteiger partial charge in [0.2, 0.25) is 0 Å². The van der Waals surface area contributed by atoms with Crippen LogP contribution < -0.4 is 41.4 Å². The molecule has 1 atom stereocenters. The zero-order valence-corrected chi connectivity index (χ0v) is 19.6. The lowest BCUT2D eigenvalue weighted by molar-refractivity contribution is 0.317. The maximum absolute atomic E-state index is 13.2. The predicted molar refractivity (Wildman–Crippen MR) is 132 cm³/mol. The third kappa shape index (κ3) is 3.92. The number of hydrogen-bond acceptors (Lipinski definition) is 9. The minimum Gasteiger partial charge on any atom is -0.504 e. The molecule has 1 aromatic heterocycles. The Morgan fingerprint density at radius 3 is 2.24 bits per heavy atom. The zero-order chi connectivity index (χ0) is 24.6. The minimum atomic E-state index is -0.594. The third-order valence-electron chi connectivity index (χ3n) is 5.43. The highest BCUT2D eigenvalue weighted by atomic mass is 32.1. The first kappa shape index (κ1) is 23.1. The molecular weight excluding hydrogens is 456 g/mol. The maximum Gasteiger partial charge on any atom is 0.274 e. The topological polar surface area (TPSA) is 159 Å². The normalized spacial score (nSPS) is 16.0. The van der Waals surface area contributed by atoms with Crippen LogP contribution in [0.2, 0.25) is 0 Å². The molecule has 178 valence electrons. The average Bonchev–Trinajstić information content (AvgIpc) is 3.13. The standard InChI is InChI=1S/C24H26N4O5S/c1-3-32-16-9-12(5-7-14(16)29)10-18-23(31)28-22(27)20(25)19(21(26)24(28)34-18)13-6-8-15(30)17(11-13)33-4-2/h5-11,19,29-30H,3-4,25-27H2,1-2H3/b18-10-. The van der Waals surface area contributed by atoms with Crippen LogP contribution in [0.4, 0.5) is 0 Å². The number of thiazole rings is 1. The van der Waals surface area contributed by atoms with E-state index in [-0.39, 0.29) is 28.6 Å². The van der Waals surface area contributed by atoms with Gasteiger partial charge in [-0.05, 0) is 55.3 Å². The van der Waals surface area contributed by atoms with Gasteiger partial charge >= 0.3 is 0 Å². The van der Waals surface area contributed by atoms with Crippen LogP contribution in [0.25, 0.3) is 17.6 Å². The summed E-state index contributed by atoms with van der Waals surface area (Å²) < 4.78 is 13.1. The lowest BCUT2D eigenvalue weighted by atomic mass is 9.91. The molecule has 2 aromatic carbocycles. The zero-order valence-electron chi connectivity index (χ0n) is 18.7. The molecule has 0 fully saturated rings. The Labute approximate surface area is 199 Å². The van der Waals surface area contributed by atoms with Crippen molar-refractivity contribution in [1.29, 1.82) is 0 Å². The highest BCUT2D eigenvalue weighted by molar-refractivity contribution is 7.07. The summed E-state index contributed by atoms with van der Waals surface area (Å²) in [7, 11) is 0. The number of rotatable bonds is 6. The van der Waals surface area contributed by atoms with Crippen LogP contribution in [0.3, 0.4) is 0 Å². The summed E-state index contributed by atoms with van der Waals surface area (Å²) in [5.74, 6) is 0.151. The molecule has 1 unspecified atom stereocenters. The average molecular weight is 483 g/mol. The fourth-order valence-electron chi connectivity index (χ4n) is 3.85. The summed E-state index contributed by atoms with van der Waals surface area (Å²) in [5.41, 5.74) is 20.8. The van der Waals surface area contributed by atoms with E-state index in [1.54, 1.807) is 30.3 Å². The van der Waals surface area contributed by atoms with E-state index in [9.17, 15) is 15.0 Å². The third-order valence-corrected chi connectivity index (χ3v) is 6.55. The molecule has 0 amide bonds. The summed E-state index contributed by atoms with van der Waals surface area (Å²) in [6.07, 6.45) is 1.68. The van der Waals surface area contributed by atoms with Crippen molar-refractivity contribution in [1.82, 2.24) is 4.57 Å². The van der Waals surface area contributed by atoms with Crippen LogP contribution in [0, 0.1) is 0 Å². The Kier molecular flexibility index (Phi) is 6.16. The first-order valence-electron chi connectivity index (χ1n) is 10.7. The van der Waals surface area contributed by atoms with Gasteiger partial charge in [-0.2, -0.15) is 0 Å². The lowest BCUT2D eigenvalue weighted by Crippen LogP contribution is -2.41. The first-order valence-corrected chi connectivity index (χ1v) is 11.5. The highest BCUT2D eigenvalue weighted by Gasteiger charge is 2.29. The monoisotopic (exact) mass is 482 g/mol. The van der Waals surface area contributed by atoms with E-state index >= 15 is 0 Å². The van der Waals surface area contributed by atoms with E-state index in [0.29, 0.717) is 50.7 Å². The molecule has 1 aliphatic heterocycles. The smallest absolute Gasteiger partial charge is 0.274 e. The molecule has 0 bridgehead atoms. The number of hydrogen-bond donors (Lipinski definition) is 5. The van der Waals surface area contributed by atoms with E-state index in [1.807, 2.05) is 13.8 Å². The predicted octanol–water partition coefficient (Wildman–Crippen LogP) is 0.855. The van der Waals surface area contributed by atoms with Crippen molar-refractivity contribution in [3.63, 3.8) is 0 Å². The number of phenolic OH excluding ortho intramolecular Hbond substituents is 2. The van der Waals surface area contributed by atoms with E-state index < -0.39 is 5.92 Å². The number of nitrogens with two attached hydrogens (primary N) is 3. The molecule has 0 saturated heterocycles. The second kappa shape index (κ2) is 9.06. The number of nitrogens with zero attached hydrogens (tertiary/aromatic N) is 1. The molecule has 34 heavy (non-hydrogen) atoms. The van der Waals surface area contributed by atoms with Crippen LogP contribution in [-0.2, 0) is 0 Å². The summed E-state index contributed by atoms with van der Waals surface area (Å²) in [6.45, 7) is 4.39. The number of phenols is 2. The molecule has 10 heteroatoms. The van der Waals surface area contributed by atoms with Gasteiger partial charge in [-0.15, -0.1) is 11.3 Å². The summed E-state index contributed by atoms with van der Waals surface area (Å²) in [6, 6.07) is 9.69. The maximum atomic E-state index is 13.2. The van der Waals surface area contributed by atoms with Gasteiger partial charge in [-0.1, -0.05) is 12.1 Å². The van der Waals surface area contributed by atoms with Gasteiger partial charge in [0.15, 0.2) is 23.0 Å². The molecule has 3 aromatic rings. The molecule has 0 aliphatic carbocycles. The second-order valence-electron chi connectivity index (χ2n) is 7.61. The Morgan fingerprint density at radius 2 is 1.59 bits per heavy atom. The van der Waals surface area contributed by atoms with Gasteiger partial charge < -0.3 is 36.9 Å². The summed E-state index contributed by atoms with van der Waals surface area (Å²) in [4.78, 5) is 13.2. The molecule has 2 heterocycles. The van der Waals surface area contributed by atoms with Crippen molar-refractivity contribution in [3.05, 3.63) is 72.8 Å². The van der Waals surface area contributed by atoms with Crippen LogP contribution in [0.5, 0.6) is 23.0 Å². The molecule has 0 saturated carbocycles. The summed E-state index contributed by atoms with van der Waals surface area (Å²) >= 11 is 1.19. The molecule has 0 radical (unpaired) electrons. The highest BCUT2D eigenvalue weighted by Crippen LogP contribution is 2.36. The van der Waals surface area contributed by atoms with Crippen molar-refractivity contribution in [2.45, 2.75) is 19.8 Å². The Hall–Kier alpha value is -4.05. The van der Waals surface area contributed by atoms with E-state index in [0.717, 1.165) is 0 Å². The Morgan fingerprint density at radius 1 is 0.971 bits per heavy atom. The molecular formula is C24H26N4O5S. The fraction of sp³-hybridized carbons (Fsp3) is 0.208. The largest absolute Gasteiger partial charge is 0.504 e. The SMILES string of the molecule is CCOc1cc(/C=c2\sc3n(c2=O)C(N)=C(N)C(c2ccc(O)c(OCC)c2)C=3N)ccc1O.